The number of hydrogen-bond donors (Lipinski definition) is 1. The molecule has 1 saturated heterocycles. The van der Waals surface area contributed by atoms with Crippen molar-refractivity contribution in [3.05, 3.63) is 29.6 Å². The van der Waals surface area contributed by atoms with Crippen molar-refractivity contribution in [1.29, 1.82) is 0 Å². The van der Waals surface area contributed by atoms with Crippen LogP contribution in [-0.2, 0) is 6.54 Å². The van der Waals surface area contributed by atoms with Gasteiger partial charge in [0.2, 0.25) is 0 Å². The number of pyridine rings is 1. The van der Waals surface area contributed by atoms with E-state index in [-0.39, 0.29) is 24.0 Å². The van der Waals surface area contributed by atoms with Crippen LogP contribution >= 0.6 is 24.0 Å². The minimum absolute atomic E-state index is 0. The van der Waals surface area contributed by atoms with Crippen molar-refractivity contribution in [2.75, 3.05) is 20.1 Å². The van der Waals surface area contributed by atoms with Crippen LogP contribution in [-0.4, -0.2) is 36.0 Å². The number of guanidine groups is 1. The van der Waals surface area contributed by atoms with Gasteiger partial charge in [-0.15, -0.1) is 24.0 Å². The number of likely N-dealkylation sites (tertiary alicyclic amines) is 1. The summed E-state index contributed by atoms with van der Waals surface area (Å²) in [6.45, 7) is 9.72. The van der Waals surface area contributed by atoms with Gasteiger partial charge in [0.05, 0.1) is 12.2 Å². The molecule has 0 aliphatic carbocycles. The number of aliphatic imine (C=N–C) groups is 1. The van der Waals surface area contributed by atoms with Gasteiger partial charge >= 0.3 is 0 Å². The van der Waals surface area contributed by atoms with Crippen LogP contribution in [0.15, 0.2) is 23.3 Å². The molecule has 1 aromatic heterocycles. The topological polar surface area (TPSA) is 40.5 Å². The summed E-state index contributed by atoms with van der Waals surface area (Å²) in [5, 5.41) is 3.48. The maximum absolute atomic E-state index is 4.46. The molecule has 0 aromatic carbocycles. The Morgan fingerprint density at radius 3 is 2.78 bits per heavy atom. The Morgan fingerprint density at radius 2 is 2.17 bits per heavy atom. The molecule has 0 saturated carbocycles. The molecule has 0 amide bonds. The Bertz CT molecular complexity index is 500. The number of aromatic nitrogens is 1. The van der Waals surface area contributed by atoms with Crippen LogP contribution in [0.2, 0.25) is 0 Å². The molecule has 0 bridgehead atoms. The van der Waals surface area contributed by atoms with Crippen LogP contribution < -0.4 is 5.32 Å². The molecule has 0 radical (unpaired) electrons. The van der Waals surface area contributed by atoms with E-state index in [1.54, 1.807) is 0 Å². The minimum atomic E-state index is 0. The molecule has 5 heteroatoms. The first kappa shape index (κ1) is 20.2. The highest BCUT2D eigenvalue weighted by atomic mass is 127. The van der Waals surface area contributed by atoms with Crippen molar-refractivity contribution in [3.8, 4) is 0 Å². The van der Waals surface area contributed by atoms with Gasteiger partial charge in [-0.2, -0.15) is 0 Å². The fraction of sp³-hybridized carbons (Fsp3) is 0.667. The Hall–Kier alpha value is -0.850. The fourth-order valence-electron chi connectivity index (χ4n) is 3.52. The summed E-state index contributed by atoms with van der Waals surface area (Å²) < 4.78 is 0. The van der Waals surface area contributed by atoms with Crippen molar-refractivity contribution in [2.24, 2.45) is 16.8 Å². The van der Waals surface area contributed by atoms with Crippen LogP contribution in [0, 0.1) is 18.8 Å². The van der Waals surface area contributed by atoms with Crippen molar-refractivity contribution >= 4 is 29.9 Å². The van der Waals surface area contributed by atoms with E-state index in [0.717, 1.165) is 43.1 Å². The quantitative estimate of drug-likeness (QED) is 0.439. The SMILES string of the molecule is CCC(CC)C1CCN(C(=NC)NCc2ncccc2C)C1.I. The van der Waals surface area contributed by atoms with E-state index in [1.165, 1.54) is 24.8 Å². The molecule has 2 rings (SSSR count). The van der Waals surface area contributed by atoms with Crippen LogP contribution in [0.25, 0.3) is 0 Å². The lowest BCUT2D eigenvalue weighted by Gasteiger charge is -2.24. The number of hydrogen-bond acceptors (Lipinski definition) is 2. The number of halogens is 1. The predicted molar refractivity (Wildman–Crippen MR) is 108 cm³/mol. The molecule has 1 unspecified atom stereocenters. The number of nitrogens with zero attached hydrogens (tertiary/aromatic N) is 3. The standard InChI is InChI=1S/C18H30N4.HI/c1-5-15(6-2)16-9-11-22(13-16)18(19-4)21-12-17-14(3)8-7-10-20-17;/h7-8,10,15-16H,5-6,9,11-13H2,1-4H3,(H,19,21);1H. The smallest absolute Gasteiger partial charge is 0.193 e. The summed E-state index contributed by atoms with van der Waals surface area (Å²) in [6.07, 6.45) is 5.71. The zero-order valence-corrected chi connectivity index (χ0v) is 17.2. The zero-order valence-electron chi connectivity index (χ0n) is 14.9. The minimum Gasteiger partial charge on any atom is -0.351 e. The molecule has 1 aromatic rings. The molecule has 1 N–H and O–H groups in total. The van der Waals surface area contributed by atoms with Crippen molar-refractivity contribution in [1.82, 2.24) is 15.2 Å². The molecule has 4 nitrogen and oxygen atoms in total. The van der Waals surface area contributed by atoms with E-state index in [0.29, 0.717) is 0 Å². The van der Waals surface area contributed by atoms with E-state index in [2.05, 4.69) is 47.0 Å². The average Bonchev–Trinajstić information content (AvgIpc) is 3.00. The first-order valence-electron chi connectivity index (χ1n) is 8.55. The van der Waals surface area contributed by atoms with Crippen molar-refractivity contribution in [2.45, 2.75) is 46.6 Å². The molecule has 1 atom stereocenters. The number of nitrogens with one attached hydrogen (secondary N) is 1. The Morgan fingerprint density at radius 1 is 1.43 bits per heavy atom. The van der Waals surface area contributed by atoms with Crippen molar-refractivity contribution in [3.63, 3.8) is 0 Å². The molecule has 1 aliphatic rings. The van der Waals surface area contributed by atoms with E-state index in [9.17, 15) is 0 Å². The number of aryl methyl sites for hydroxylation is 1. The summed E-state index contributed by atoms with van der Waals surface area (Å²) in [5.41, 5.74) is 2.32. The molecule has 1 fully saturated rings. The monoisotopic (exact) mass is 430 g/mol. The highest BCUT2D eigenvalue weighted by molar-refractivity contribution is 14.0. The number of rotatable bonds is 5. The molecule has 1 aliphatic heterocycles. The van der Waals surface area contributed by atoms with Gasteiger partial charge < -0.3 is 10.2 Å². The summed E-state index contributed by atoms with van der Waals surface area (Å²) in [7, 11) is 1.87. The van der Waals surface area contributed by atoms with E-state index < -0.39 is 0 Å². The summed E-state index contributed by atoms with van der Waals surface area (Å²) in [5.74, 6) is 2.67. The molecular weight excluding hydrogens is 399 g/mol. The van der Waals surface area contributed by atoms with Gasteiger partial charge in [-0.25, -0.2) is 0 Å². The molecule has 2 heterocycles. The van der Waals surface area contributed by atoms with Crippen LogP contribution in [0.3, 0.4) is 0 Å². The maximum Gasteiger partial charge on any atom is 0.193 e. The van der Waals surface area contributed by atoms with Crippen LogP contribution in [0.1, 0.15) is 44.4 Å². The van der Waals surface area contributed by atoms with E-state index in [4.69, 9.17) is 0 Å². The first-order chi connectivity index (χ1) is 10.7. The summed E-state index contributed by atoms with van der Waals surface area (Å²) in [4.78, 5) is 11.3. The zero-order chi connectivity index (χ0) is 15.9. The second-order valence-electron chi connectivity index (χ2n) is 6.24. The second kappa shape index (κ2) is 10.1. The third-order valence-corrected chi connectivity index (χ3v) is 4.98. The molecule has 0 spiro atoms. The lowest BCUT2D eigenvalue weighted by atomic mass is 9.87. The van der Waals surface area contributed by atoms with E-state index in [1.807, 2.05) is 19.3 Å². The largest absolute Gasteiger partial charge is 0.351 e. The van der Waals surface area contributed by atoms with Gasteiger partial charge in [0.1, 0.15) is 0 Å². The fourth-order valence-corrected chi connectivity index (χ4v) is 3.52. The third kappa shape index (κ3) is 5.33. The summed E-state index contributed by atoms with van der Waals surface area (Å²) >= 11 is 0. The van der Waals surface area contributed by atoms with Gasteiger partial charge in [-0.3, -0.25) is 9.98 Å². The normalized spacial score (nSPS) is 18.2. The van der Waals surface area contributed by atoms with Crippen molar-refractivity contribution < 1.29 is 0 Å². The van der Waals surface area contributed by atoms with Crippen LogP contribution in [0.4, 0.5) is 0 Å². The lowest BCUT2D eigenvalue weighted by Crippen LogP contribution is -2.40. The predicted octanol–water partition coefficient (Wildman–Crippen LogP) is 3.84. The second-order valence-corrected chi connectivity index (χ2v) is 6.24. The Labute approximate surface area is 158 Å². The van der Waals surface area contributed by atoms with Gasteiger partial charge in [0.25, 0.3) is 0 Å². The molecule has 23 heavy (non-hydrogen) atoms. The Balaban J connectivity index is 0.00000264. The summed E-state index contributed by atoms with van der Waals surface area (Å²) in [6, 6.07) is 4.08. The van der Waals surface area contributed by atoms with Crippen LogP contribution in [0.5, 0.6) is 0 Å². The third-order valence-electron chi connectivity index (χ3n) is 4.98. The van der Waals surface area contributed by atoms with Gasteiger partial charge in [0, 0.05) is 26.3 Å². The highest BCUT2D eigenvalue weighted by Gasteiger charge is 2.29. The van der Waals surface area contributed by atoms with Gasteiger partial charge in [-0.05, 0) is 36.8 Å². The molecular formula is C18H31IN4. The van der Waals surface area contributed by atoms with E-state index >= 15 is 0 Å². The average molecular weight is 430 g/mol. The maximum atomic E-state index is 4.46. The molecule has 130 valence electrons. The van der Waals surface area contributed by atoms with Gasteiger partial charge in [0.15, 0.2) is 5.96 Å². The Kier molecular flexibility index (Phi) is 8.87. The van der Waals surface area contributed by atoms with Gasteiger partial charge in [-0.1, -0.05) is 32.8 Å². The first-order valence-corrected chi connectivity index (χ1v) is 8.55. The highest BCUT2D eigenvalue weighted by Crippen LogP contribution is 2.28. The lowest BCUT2D eigenvalue weighted by molar-refractivity contribution is 0.319.